The Morgan fingerprint density at radius 3 is 2.49 bits per heavy atom. The number of benzene rings is 2. The maximum atomic E-state index is 14.1. The van der Waals surface area contributed by atoms with Crippen LogP contribution >= 0.6 is 11.5 Å². The minimum Gasteiger partial charge on any atom is -0.395 e. The SMILES string of the molecule is NC(=O)c1nsc(C(=O)N(c2ccc(F)cc2)[C@H](C(=O)NC2CCCCC2)c2ccc3ncccc3c2)c1N. The molecule has 1 aliphatic rings. The van der Waals surface area contributed by atoms with E-state index in [2.05, 4.69) is 14.7 Å². The summed E-state index contributed by atoms with van der Waals surface area (Å²) in [6, 6.07) is 13.1. The third kappa shape index (κ3) is 5.44. The van der Waals surface area contributed by atoms with E-state index in [0.717, 1.165) is 54.5 Å². The van der Waals surface area contributed by atoms with Gasteiger partial charge in [-0.3, -0.25) is 24.3 Å². The maximum Gasteiger partial charge on any atom is 0.273 e. The van der Waals surface area contributed by atoms with Crippen molar-refractivity contribution in [3.05, 3.63) is 82.7 Å². The van der Waals surface area contributed by atoms with Crippen LogP contribution in [0, 0.1) is 5.82 Å². The first-order chi connectivity index (χ1) is 18.8. The number of carbonyl (C=O) groups is 3. The van der Waals surface area contributed by atoms with E-state index in [4.69, 9.17) is 11.5 Å². The van der Waals surface area contributed by atoms with E-state index in [1.165, 1.54) is 29.2 Å². The van der Waals surface area contributed by atoms with E-state index in [1.807, 2.05) is 12.1 Å². The summed E-state index contributed by atoms with van der Waals surface area (Å²) in [5, 5.41) is 3.91. The van der Waals surface area contributed by atoms with Gasteiger partial charge in [0.05, 0.1) is 11.2 Å². The molecule has 1 saturated carbocycles. The zero-order valence-electron chi connectivity index (χ0n) is 21.0. The molecule has 2 aromatic carbocycles. The Morgan fingerprint density at radius 2 is 1.79 bits per heavy atom. The van der Waals surface area contributed by atoms with Crippen LogP contribution in [0.25, 0.3) is 10.9 Å². The van der Waals surface area contributed by atoms with E-state index in [9.17, 15) is 18.8 Å². The van der Waals surface area contributed by atoms with E-state index in [1.54, 1.807) is 24.4 Å². The summed E-state index contributed by atoms with van der Waals surface area (Å²) in [5.41, 5.74) is 12.6. The number of nitrogens with one attached hydrogen (secondary N) is 1. The Kier molecular flexibility index (Phi) is 7.51. The standard InChI is InChI=1S/C28H27FN6O3S/c29-18-9-11-20(12-10-18)35(28(38)25-22(30)23(26(31)36)34-39-25)24(27(37)33-19-6-2-1-3-7-19)17-8-13-21-16(15-17)5-4-14-32-21/h4-5,8-15,19,24H,1-3,6-7,30H2,(H2,31,36)(H,33,37)/t24-/m0/s1. The highest BCUT2D eigenvalue weighted by Crippen LogP contribution is 2.34. The second-order valence-corrected chi connectivity index (χ2v) is 10.3. The summed E-state index contributed by atoms with van der Waals surface area (Å²) in [6.45, 7) is 0. The first-order valence-electron chi connectivity index (χ1n) is 12.6. The summed E-state index contributed by atoms with van der Waals surface area (Å²) in [6.07, 6.45) is 6.48. The van der Waals surface area contributed by atoms with Crippen LogP contribution < -0.4 is 21.7 Å². The molecule has 5 N–H and O–H groups in total. The molecule has 4 aromatic rings. The number of pyridine rings is 1. The molecule has 0 unspecified atom stereocenters. The highest BCUT2D eigenvalue weighted by molar-refractivity contribution is 7.09. The quantitative estimate of drug-likeness (QED) is 0.314. The average molecular weight is 547 g/mol. The van der Waals surface area contributed by atoms with Crippen LogP contribution in [0.4, 0.5) is 15.8 Å². The number of amides is 3. The molecule has 1 fully saturated rings. The Balaban J connectivity index is 1.66. The van der Waals surface area contributed by atoms with Crippen molar-refractivity contribution < 1.29 is 18.8 Å². The molecular weight excluding hydrogens is 519 g/mol. The van der Waals surface area contributed by atoms with Crippen molar-refractivity contribution in [2.75, 3.05) is 10.6 Å². The van der Waals surface area contributed by atoms with Gasteiger partial charge >= 0.3 is 0 Å². The van der Waals surface area contributed by atoms with Crippen LogP contribution in [0.3, 0.4) is 0 Å². The number of anilines is 2. The van der Waals surface area contributed by atoms with Gasteiger partial charge in [-0.2, -0.15) is 4.37 Å². The van der Waals surface area contributed by atoms with Gasteiger partial charge in [0.2, 0.25) is 5.91 Å². The van der Waals surface area contributed by atoms with Crippen LogP contribution in [0.5, 0.6) is 0 Å². The molecule has 1 atom stereocenters. The van der Waals surface area contributed by atoms with E-state index in [0.29, 0.717) is 5.56 Å². The van der Waals surface area contributed by atoms with Gasteiger partial charge in [-0.1, -0.05) is 31.4 Å². The van der Waals surface area contributed by atoms with Crippen molar-refractivity contribution in [1.82, 2.24) is 14.7 Å². The summed E-state index contributed by atoms with van der Waals surface area (Å²) in [7, 11) is 0. The number of hydrogen-bond acceptors (Lipinski definition) is 7. The lowest BCUT2D eigenvalue weighted by atomic mass is 9.94. The monoisotopic (exact) mass is 546 g/mol. The highest BCUT2D eigenvalue weighted by Gasteiger charge is 2.37. The Bertz CT molecular complexity index is 1530. The highest BCUT2D eigenvalue weighted by atomic mass is 32.1. The number of carbonyl (C=O) groups excluding carboxylic acids is 3. The van der Waals surface area contributed by atoms with E-state index >= 15 is 0 Å². The second kappa shape index (κ2) is 11.2. The molecule has 0 bridgehead atoms. The Labute approximate surface area is 228 Å². The molecule has 0 radical (unpaired) electrons. The molecule has 0 spiro atoms. The van der Waals surface area contributed by atoms with Crippen LogP contribution in [0.1, 0.15) is 63.9 Å². The first-order valence-corrected chi connectivity index (χ1v) is 13.4. The van der Waals surface area contributed by atoms with Gasteiger partial charge in [0, 0.05) is 23.3 Å². The fourth-order valence-corrected chi connectivity index (χ4v) is 5.68. The molecule has 200 valence electrons. The van der Waals surface area contributed by atoms with Gasteiger partial charge in [0.25, 0.3) is 11.8 Å². The van der Waals surface area contributed by atoms with Crippen molar-refractivity contribution in [3.63, 3.8) is 0 Å². The first kappa shape index (κ1) is 26.2. The van der Waals surface area contributed by atoms with Crippen molar-refractivity contribution >= 4 is 51.5 Å². The average Bonchev–Trinajstić information content (AvgIpc) is 3.33. The van der Waals surface area contributed by atoms with Crippen LogP contribution in [0.15, 0.2) is 60.8 Å². The maximum absolute atomic E-state index is 14.1. The molecule has 0 saturated heterocycles. The van der Waals surface area contributed by atoms with Crippen molar-refractivity contribution in [2.45, 2.75) is 44.2 Å². The molecule has 1 aliphatic carbocycles. The molecule has 2 aromatic heterocycles. The number of aromatic nitrogens is 2. The molecule has 2 heterocycles. The minimum absolute atomic E-state index is 0.0315. The number of fused-ring (bicyclic) bond motifs is 1. The molecule has 39 heavy (non-hydrogen) atoms. The fraction of sp³-hybridized carbons (Fsp3) is 0.250. The number of rotatable bonds is 7. The third-order valence-electron chi connectivity index (χ3n) is 6.88. The summed E-state index contributed by atoms with van der Waals surface area (Å²) >= 11 is 0.718. The zero-order chi connectivity index (χ0) is 27.5. The fourth-order valence-electron chi connectivity index (χ4n) is 4.93. The lowest BCUT2D eigenvalue weighted by molar-refractivity contribution is -0.123. The lowest BCUT2D eigenvalue weighted by Crippen LogP contribution is -2.47. The van der Waals surface area contributed by atoms with Crippen LogP contribution in [-0.2, 0) is 4.79 Å². The molecule has 11 heteroatoms. The normalized spacial score (nSPS) is 14.6. The van der Waals surface area contributed by atoms with Crippen molar-refractivity contribution in [1.29, 1.82) is 0 Å². The number of nitrogens with zero attached hydrogens (tertiary/aromatic N) is 3. The Morgan fingerprint density at radius 1 is 1.05 bits per heavy atom. The van der Waals surface area contributed by atoms with Gasteiger partial charge in [-0.05, 0) is 72.4 Å². The third-order valence-corrected chi connectivity index (χ3v) is 7.73. The van der Waals surface area contributed by atoms with Crippen LogP contribution in [-0.4, -0.2) is 33.1 Å². The minimum atomic E-state index is -1.15. The van der Waals surface area contributed by atoms with E-state index in [-0.39, 0.29) is 33.9 Å². The van der Waals surface area contributed by atoms with Crippen LogP contribution in [0.2, 0.25) is 0 Å². The number of nitrogen functional groups attached to an aromatic ring is 1. The molecule has 3 amide bonds. The lowest BCUT2D eigenvalue weighted by Gasteiger charge is -2.33. The number of halogens is 1. The molecule has 5 rings (SSSR count). The van der Waals surface area contributed by atoms with E-state index < -0.39 is 23.7 Å². The number of hydrogen-bond donors (Lipinski definition) is 3. The summed E-state index contributed by atoms with van der Waals surface area (Å²) < 4.78 is 17.9. The molecular formula is C28H27FN6O3S. The second-order valence-electron chi connectivity index (χ2n) is 9.49. The molecule has 9 nitrogen and oxygen atoms in total. The largest absolute Gasteiger partial charge is 0.395 e. The van der Waals surface area contributed by atoms with Gasteiger partial charge in [0.1, 0.15) is 16.7 Å². The predicted molar refractivity (Wildman–Crippen MR) is 148 cm³/mol. The number of primary amides is 1. The Hall–Kier alpha value is -4.38. The summed E-state index contributed by atoms with van der Waals surface area (Å²) in [5.74, 6) is -2.43. The topological polar surface area (TPSA) is 144 Å². The smallest absolute Gasteiger partial charge is 0.273 e. The van der Waals surface area contributed by atoms with Crippen molar-refractivity contribution in [2.24, 2.45) is 5.73 Å². The van der Waals surface area contributed by atoms with Gasteiger partial charge in [-0.25, -0.2) is 4.39 Å². The molecule has 0 aliphatic heterocycles. The predicted octanol–water partition coefficient (Wildman–Crippen LogP) is 4.35. The van der Waals surface area contributed by atoms with Crippen molar-refractivity contribution in [3.8, 4) is 0 Å². The number of nitrogens with two attached hydrogens (primary N) is 2. The van der Waals surface area contributed by atoms with Gasteiger partial charge in [0.15, 0.2) is 5.69 Å². The van der Waals surface area contributed by atoms with Gasteiger partial charge < -0.3 is 16.8 Å². The van der Waals surface area contributed by atoms with Gasteiger partial charge in [-0.15, -0.1) is 0 Å². The summed E-state index contributed by atoms with van der Waals surface area (Å²) in [4.78, 5) is 45.6. The zero-order valence-corrected chi connectivity index (χ0v) is 21.8.